The zero-order valence-corrected chi connectivity index (χ0v) is 11.1. The number of fused-ring (bicyclic) bond motifs is 1. The predicted molar refractivity (Wildman–Crippen MR) is 70.9 cm³/mol. The van der Waals surface area contributed by atoms with Crippen LogP contribution in [0.3, 0.4) is 0 Å². The second-order valence-corrected chi connectivity index (χ2v) is 5.74. The lowest BCUT2D eigenvalue weighted by atomic mass is 9.90. The fourth-order valence-electron chi connectivity index (χ4n) is 2.32. The quantitative estimate of drug-likeness (QED) is 0.867. The number of nitrogens with zero attached hydrogens (tertiary/aromatic N) is 1. The van der Waals surface area contributed by atoms with Crippen LogP contribution in [-0.2, 0) is 13.0 Å². The highest BCUT2D eigenvalue weighted by molar-refractivity contribution is 5.29. The molecular formula is C15H23NO. The van der Waals surface area contributed by atoms with Crippen molar-refractivity contribution in [2.45, 2.75) is 39.3 Å². The third-order valence-corrected chi connectivity index (χ3v) is 4.00. The Labute approximate surface area is 104 Å². The number of hydrogen-bond acceptors (Lipinski definition) is 2. The maximum atomic E-state index is 10.4. The third-order valence-electron chi connectivity index (χ3n) is 4.00. The zero-order chi connectivity index (χ0) is 12.5. The second-order valence-electron chi connectivity index (χ2n) is 5.74. The van der Waals surface area contributed by atoms with Gasteiger partial charge in [-0.15, -0.1) is 0 Å². The van der Waals surface area contributed by atoms with Gasteiger partial charge in [0.2, 0.25) is 0 Å². The van der Waals surface area contributed by atoms with E-state index in [0.29, 0.717) is 5.92 Å². The smallest absolute Gasteiger partial charge is 0.0768 e. The average Bonchev–Trinajstić information content (AvgIpc) is 2.28. The van der Waals surface area contributed by atoms with E-state index < -0.39 is 5.60 Å². The number of hydrogen-bond donors (Lipinski definition) is 1. The van der Waals surface area contributed by atoms with Gasteiger partial charge in [0.25, 0.3) is 0 Å². The summed E-state index contributed by atoms with van der Waals surface area (Å²) in [6.45, 7) is 8.89. The standard InChI is InChI=1S/C15H23NO/c1-12(2)15(3,17)11-16-9-8-13-6-4-5-7-14(13)10-16/h4-7,12,17H,8-11H2,1-3H3. The van der Waals surface area contributed by atoms with Crippen molar-refractivity contribution in [1.29, 1.82) is 0 Å². The Kier molecular flexibility index (Phi) is 3.55. The molecule has 2 nitrogen and oxygen atoms in total. The molecule has 0 fully saturated rings. The molecule has 2 rings (SSSR count). The first-order chi connectivity index (χ1) is 7.99. The monoisotopic (exact) mass is 233 g/mol. The molecule has 0 aliphatic carbocycles. The summed E-state index contributed by atoms with van der Waals surface area (Å²) in [7, 11) is 0. The highest BCUT2D eigenvalue weighted by atomic mass is 16.3. The van der Waals surface area contributed by atoms with Crippen LogP contribution in [0.4, 0.5) is 0 Å². The summed E-state index contributed by atoms with van der Waals surface area (Å²) < 4.78 is 0. The molecule has 1 atom stereocenters. The van der Waals surface area contributed by atoms with Crippen molar-refractivity contribution in [3.63, 3.8) is 0 Å². The first-order valence-corrected chi connectivity index (χ1v) is 6.50. The highest BCUT2D eigenvalue weighted by Gasteiger charge is 2.29. The summed E-state index contributed by atoms with van der Waals surface area (Å²) in [6, 6.07) is 8.63. The van der Waals surface area contributed by atoms with Crippen LogP contribution >= 0.6 is 0 Å². The van der Waals surface area contributed by atoms with E-state index in [-0.39, 0.29) is 0 Å². The maximum absolute atomic E-state index is 10.4. The summed E-state index contributed by atoms with van der Waals surface area (Å²) in [5.74, 6) is 0.291. The van der Waals surface area contributed by atoms with Crippen molar-refractivity contribution in [3.05, 3.63) is 35.4 Å². The molecule has 0 spiro atoms. The van der Waals surface area contributed by atoms with Crippen LogP contribution < -0.4 is 0 Å². The van der Waals surface area contributed by atoms with E-state index in [1.54, 1.807) is 0 Å². The topological polar surface area (TPSA) is 23.5 Å². The van der Waals surface area contributed by atoms with Gasteiger partial charge in [0.15, 0.2) is 0 Å². The normalized spacial score (nSPS) is 20.1. The number of aliphatic hydroxyl groups is 1. The van der Waals surface area contributed by atoms with Gasteiger partial charge >= 0.3 is 0 Å². The Hall–Kier alpha value is -0.860. The van der Waals surface area contributed by atoms with Crippen molar-refractivity contribution in [3.8, 4) is 0 Å². The summed E-state index contributed by atoms with van der Waals surface area (Å²) in [5.41, 5.74) is 2.29. The van der Waals surface area contributed by atoms with Crippen LogP contribution in [0.2, 0.25) is 0 Å². The molecule has 1 aliphatic rings. The predicted octanol–water partition coefficient (Wildman–Crippen LogP) is 2.45. The molecule has 0 saturated heterocycles. The highest BCUT2D eigenvalue weighted by Crippen LogP contribution is 2.23. The molecule has 0 bridgehead atoms. The van der Waals surface area contributed by atoms with E-state index in [2.05, 4.69) is 43.0 Å². The minimum Gasteiger partial charge on any atom is -0.389 e. The van der Waals surface area contributed by atoms with Gasteiger partial charge < -0.3 is 5.11 Å². The first kappa shape index (κ1) is 12.6. The number of rotatable bonds is 3. The Morgan fingerprint density at radius 2 is 1.94 bits per heavy atom. The molecule has 1 aromatic carbocycles. The van der Waals surface area contributed by atoms with Crippen LogP contribution in [0, 0.1) is 5.92 Å². The summed E-state index contributed by atoms with van der Waals surface area (Å²) in [4.78, 5) is 2.36. The van der Waals surface area contributed by atoms with Crippen LogP contribution in [0.25, 0.3) is 0 Å². The molecular weight excluding hydrogens is 210 g/mol. The Morgan fingerprint density at radius 3 is 2.59 bits per heavy atom. The largest absolute Gasteiger partial charge is 0.389 e. The number of β-amino-alcohol motifs (C(OH)–C–C–N with tert-alkyl or cyclic N) is 1. The van der Waals surface area contributed by atoms with Crippen LogP contribution in [0.5, 0.6) is 0 Å². The van der Waals surface area contributed by atoms with Crippen LogP contribution in [0.1, 0.15) is 31.9 Å². The molecule has 94 valence electrons. The lowest BCUT2D eigenvalue weighted by molar-refractivity contribution is -0.0219. The van der Waals surface area contributed by atoms with E-state index >= 15 is 0 Å². The Balaban J connectivity index is 2.03. The molecule has 0 radical (unpaired) electrons. The number of benzene rings is 1. The molecule has 1 aliphatic heterocycles. The van der Waals surface area contributed by atoms with Gasteiger partial charge in [-0.1, -0.05) is 38.1 Å². The van der Waals surface area contributed by atoms with Crippen molar-refractivity contribution in [1.82, 2.24) is 4.90 Å². The summed E-state index contributed by atoms with van der Waals surface area (Å²) in [6.07, 6.45) is 1.10. The molecule has 1 heterocycles. The molecule has 17 heavy (non-hydrogen) atoms. The van der Waals surface area contributed by atoms with Crippen molar-refractivity contribution in [2.75, 3.05) is 13.1 Å². The first-order valence-electron chi connectivity index (χ1n) is 6.50. The zero-order valence-electron chi connectivity index (χ0n) is 11.1. The lowest BCUT2D eigenvalue weighted by Crippen LogP contribution is -2.46. The molecule has 0 saturated carbocycles. The Morgan fingerprint density at radius 1 is 1.29 bits per heavy atom. The van der Waals surface area contributed by atoms with Gasteiger partial charge in [-0.05, 0) is 30.4 Å². The van der Waals surface area contributed by atoms with Gasteiger partial charge in [0, 0.05) is 19.6 Å². The van der Waals surface area contributed by atoms with Crippen LogP contribution in [0.15, 0.2) is 24.3 Å². The summed E-state index contributed by atoms with van der Waals surface area (Å²) >= 11 is 0. The average molecular weight is 233 g/mol. The van der Waals surface area contributed by atoms with E-state index in [0.717, 1.165) is 26.1 Å². The molecule has 2 heteroatoms. The van der Waals surface area contributed by atoms with Gasteiger partial charge in [0.05, 0.1) is 5.60 Å². The molecule has 1 N–H and O–H groups in total. The minimum absolute atomic E-state index is 0.291. The third kappa shape index (κ3) is 2.88. The lowest BCUT2D eigenvalue weighted by Gasteiger charge is -2.36. The SMILES string of the molecule is CC(C)C(C)(O)CN1CCc2ccccc2C1. The van der Waals surface area contributed by atoms with Crippen molar-refractivity contribution >= 4 is 0 Å². The molecule has 0 aromatic heterocycles. The second kappa shape index (κ2) is 4.79. The van der Waals surface area contributed by atoms with Gasteiger partial charge in [-0.3, -0.25) is 4.90 Å². The fraction of sp³-hybridized carbons (Fsp3) is 0.600. The van der Waals surface area contributed by atoms with Crippen molar-refractivity contribution in [2.24, 2.45) is 5.92 Å². The molecule has 1 unspecified atom stereocenters. The maximum Gasteiger partial charge on any atom is 0.0768 e. The molecule has 1 aromatic rings. The summed E-state index contributed by atoms with van der Waals surface area (Å²) in [5, 5.41) is 10.4. The van der Waals surface area contributed by atoms with Gasteiger partial charge in [0.1, 0.15) is 0 Å². The van der Waals surface area contributed by atoms with E-state index in [1.165, 1.54) is 11.1 Å². The minimum atomic E-state index is -0.591. The van der Waals surface area contributed by atoms with Crippen molar-refractivity contribution < 1.29 is 5.11 Å². The Bertz CT molecular complexity index is 384. The van der Waals surface area contributed by atoms with Crippen LogP contribution in [-0.4, -0.2) is 28.7 Å². The molecule has 0 amide bonds. The van der Waals surface area contributed by atoms with Gasteiger partial charge in [-0.25, -0.2) is 0 Å². The van der Waals surface area contributed by atoms with E-state index in [9.17, 15) is 5.11 Å². The fourth-order valence-corrected chi connectivity index (χ4v) is 2.32. The van der Waals surface area contributed by atoms with E-state index in [4.69, 9.17) is 0 Å². The van der Waals surface area contributed by atoms with E-state index in [1.807, 2.05) is 6.92 Å². The van der Waals surface area contributed by atoms with Gasteiger partial charge in [-0.2, -0.15) is 0 Å².